The van der Waals surface area contributed by atoms with Crippen molar-refractivity contribution in [3.63, 3.8) is 0 Å². The fourth-order valence-corrected chi connectivity index (χ4v) is 2.20. The van der Waals surface area contributed by atoms with Crippen LogP contribution in [0.25, 0.3) is 6.08 Å². The molecule has 0 spiro atoms. The summed E-state index contributed by atoms with van der Waals surface area (Å²) in [7, 11) is 1.48. The van der Waals surface area contributed by atoms with Crippen LogP contribution in [0.4, 0.5) is 0 Å². The van der Waals surface area contributed by atoms with Crippen molar-refractivity contribution in [3.05, 3.63) is 64.2 Å². The van der Waals surface area contributed by atoms with E-state index < -0.39 is 5.97 Å². The summed E-state index contributed by atoms with van der Waals surface area (Å²) in [5, 5.41) is 18.3. The number of carbonyl (C=O) groups is 1. The van der Waals surface area contributed by atoms with Crippen LogP contribution in [0, 0.1) is 11.3 Å². The van der Waals surface area contributed by atoms with Gasteiger partial charge in [-0.25, -0.2) is 4.79 Å². The van der Waals surface area contributed by atoms with Crippen LogP contribution in [0.1, 0.15) is 11.1 Å². The smallest absolute Gasteiger partial charge is 0.346 e. The number of ether oxygens (including phenoxy) is 2. The molecule has 0 radical (unpaired) electrons. The fourth-order valence-electron chi connectivity index (χ4n) is 1.99. The fraction of sp³-hybridized carbons (Fsp3) is 0.111. The molecule has 0 aliphatic carbocycles. The maximum Gasteiger partial charge on any atom is 0.346 e. The van der Waals surface area contributed by atoms with Crippen LogP contribution >= 0.6 is 11.6 Å². The Labute approximate surface area is 144 Å². The minimum absolute atomic E-state index is 0.310. The summed E-state index contributed by atoms with van der Waals surface area (Å²) in [5.74, 6) is -0.338. The molecule has 0 heterocycles. The second-order valence-electron chi connectivity index (χ2n) is 4.80. The summed E-state index contributed by atoms with van der Waals surface area (Å²) in [6, 6.07) is 13.9. The van der Waals surface area contributed by atoms with Gasteiger partial charge in [0.25, 0.3) is 0 Å². The third-order valence-corrected chi connectivity index (χ3v) is 3.37. The van der Waals surface area contributed by atoms with Gasteiger partial charge in [0.15, 0.2) is 11.5 Å². The third-order valence-electron chi connectivity index (χ3n) is 3.13. The normalized spacial score (nSPS) is 10.8. The Bertz CT molecular complexity index is 824. The quantitative estimate of drug-likeness (QED) is 0.635. The van der Waals surface area contributed by atoms with E-state index in [1.54, 1.807) is 36.4 Å². The first-order valence-electron chi connectivity index (χ1n) is 6.94. The Balaban J connectivity index is 2.20. The predicted octanol–water partition coefficient (Wildman–Crippen LogP) is 3.92. The number of benzene rings is 2. The van der Waals surface area contributed by atoms with E-state index in [4.69, 9.17) is 31.4 Å². The summed E-state index contributed by atoms with van der Waals surface area (Å²) in [4.78, 5) is 10.9. The van der Waals surface area contributed by atoms with Crippen molar-refractivity contribution in [1.82, 2.24) is 0 Å². The summed E-state index contributed by atoms with van der Waals surface area (Å²) in [6.45, 7) is 0.310. The number of carboxylic acids is 1. The summed E-state index contributed by atoms with van der Waals surface area (Å²) >= 11 is 5.93. The first-order valence-corrected chi connectivity index (χ1v) is 7.31. The lowest BCUT2D eigenvalue weighted by atomic mass is 10.1. The van der Waals surface area contributed by atoms with Gasteiger partial charge in [0.2, 0.25) is 0 Å². The largest absolute Gasteiger partial charge is 0.493 e. The molecule has 122 valence electrons. The van der Waals surface area contributed by atoms with Gasteiger partial charge in [-0.3, -0.25) is 0 Å². The van der Waals surface area contributed by atoms with Crippen LogP contribution in [-0.2, 0) is 11.4 Å². The van der Waals surface area contributed by atoms with Gasteiger partial charge in [0, 0.05) is 5.02 Å². The minimum atomic E-state index is -1.28. The lowest BCUT2D eigenvalue weighted by Crippen LogP contribution is -1.99. The van der Waals surface area contributed by atoms with Crippen molar-refractivity contribution < 1.29 is 19.4 Å². The molecule has 0 amide bonds. The zero-order chi connectivity index (χ0) is 17.5. The molecule has 2 aromatic rings. The van der Waals surface area contributed by atoms with E-state index in [1.165, 1.54) is 13.2 Å². The van der Waals surface area contributed by atoms with Gasteiger partial charge in [0.05, 0.1) is 7.11 Å². The van der Waals surface area contributed by atoms with E-state index in [9.17, 15) is 4.79 Å². The van der Waals surface area contributed by atoms with Gasteiger partial charge in [0.1, 0.15) is 18.2 Å². The third kappa shape index (κ3) is 4.51. The van der Waals surface area contributed by atoms with Crippen molar-refractivity contribution in [2.75, 3.05) is 7.11 Å². The molecular formula is C18H14ClNO4. The standard InChI is InChI=1S/C18H14ClNO4/c1-23-17-9-12(7-14(10-20)18(21)22)5-6-16(17)24-11-13-3-2-4-15(19)8-13/h2-9H,11H2,1H3,(H,21,22). The van der Waals surface area contributed by atoms with E-state index >= 15 is 0 Å². The summed E-state index contributed by atoms with van der Waals surface area (Å²) in [5.41, 5.74) is 1.08. The lowest BCUT2D eigenvalue weighted by Gasteiger charge is -2.11. The Kier molecular flexibility index (Phi) is 5.83. The number of rotatable bonds is 6. The Morgan fingerprint density at radius 1 is 1.29 bits per heavy atom. The van der Waals surface area contributed by atoms with Gasteiger partial charge in [-0.05, 0) is 41.5 Å². The van der Waals surface area contributed by atoms with Crippen molar-refractivity contribution >= 4 is 23.6 Å². The SMILES string of the molecule is COc1cc(C=C(C#N)C(=O)O)ccc1OCc1cccc(Cl)c1. The number of hydrogen-bond acceptors (Lipinski definition) is 4. The van der Waals surface area contributed by atoms with E-state index in [1.807, 2.05) is 12.1 Å². The number of carboxylic acid groups (broad SMARTS) is 1. The summed E-state index contributed by atoms with van der Waals surface area (Å²) < 4.78 is 11.0. The van der Waals surface area contributed by atoms with Crippen LogP contribution in [-0.4, -0.2) is 18.2 Å². The molecule has 0 aromatic heterocycles. The van der Waals surface area contributed by atoms with Crippen molar-refractivity contribution in [3.8, 4) is 17.6 Å². The van der Waals surface area contributed by atoms with Crippen LogP contribution in [0.5, 0.6) is 11.5 Å². The van der Waals surface area contributed by atoms with Gasteiger partial charge < -0.3 is 14.6 Å². The van der Waals surface area contributed by atoms with Gasteiger partial charge in [-0.15, -0.1) is 0 Å². The number of aliphatic carboxylic acids is 1. The van der Waals surface area contributed by atoms with Gasteiger partial charge >= 0.3 is 5.97 Å². The van der Waals surface area contributed by atoms with E-state index in [2.05, 4.69) is 0 Å². The predicted molar refractivity (Wildman–Crippen MR) is 90.0 cm³/mol. The van der Waals surface area contributed by atoms with Crippen LogP contribution in [0.15, 0.2) is 48.0 Å². The molecule has 1 N–H and O–H groups in total. The topological polar surface area (TPSA) is 79.5 Å². The molecule has 6 heteroatoms. The zero-order valence-corrected chi connectivity index (χ0v) is 13.6. The molecule has 0 unspecified atom stereocenters. The molecule has 2 aromatic carbocycles. The molecule has 0 aliphatic heterocycles. The molecule has 2 rings (SSSR count). The second kappa shape index (κ2) is 8.04. The molecule has 0 fully saturated rings. The van der Waals surface area contributed by atoms with E-state index in [0.717, 1.165) is 5.56 Å². The molecule has 0 bridgehead atoms. The molecule has 24 heavy (non-hydrogen) atoms. The lowest BCUT2D eigenvalue weighted by molar-refractivity contribution is -0.132. The molecule has 0 saturated carbocycles. The molecule has 5 nitrogen and oxygen atoms in total. The van der Waals surface area contributed by atoms with Gasteiger partial charge in [-0.1, -0.05) is 29.8 Å². The maximum absolute atomic E-state index is 10.9. The molecule has 0 saturated heterocycles. The Morgan fingerprint density at radius 2 is 2.08 bits per heavy atom. The number of methoxy groups -OCH3 is 1. The number of hydrogen-bond donors (Lipinski definition) is 1. The van der Waals surface area contributed by atoms with Gasteiger partial charge in [-0.2, -0.15) is 5.26 Å². The maximum atomic E-state index is 10.9. The number of halogens is 1. The van der Waals surface area contributed by atoms with E-state index in [-0.39, 0.29) is 5.57 Å². The monoisotopic (exact) mass is 343 g/mol. The van der Waals surface area contributed by atoms with E-state index in [0.29, 0.717) is 28.7 Å². The molecule has 0 atom stereocenters. The average Bonchev–Trinajstić information content (AvgIpc) is 2.58. The first kappa shape index (κ1) is 17.4. The van der Waals surface area contributed by atoms with Crippen LogP contribution in [0.2, 0.25) is 5.02 Å². The average molecular weight is 344 g/mol. The molecule has 0 aliphatic rings. The second-order valence-corrected chi connectivity index (χ2v) is 5.24. The number of nitriles is 1. The first-order chi connectivity index (χ1) is 11.5. The Hall–Kier alpha value is -2.97. The highest BCUT2D eigenvalue weighted by Gasteiger charge is 2.09. The highest BCUT2D eigenvalue weighted by molar-refractivity contribution is 6.30. The van der Waals surface area contributed by atoms with Crippen LogP contribution < -0.4 is 9.47 Å². The van der Waals surface area contributed by atoms with Crippen LogP contribution in [0.3, 0.4) is 0 Å². The van der Waals surface area contributed by atoms with Crippen molar-refractivity contribution in [1.29, 1.82) is 5.26 Å². The Morgan fingerprint density at radius 3 is 2.71 bits per heavy atom. The summed E-state index contributed by atoms with van der Waals surface area (Å²) in [6.07, 6.45) is 1.27. The highest BCUT2D eigenvalue weighted by Crippen LogP contribution is 2.29. The zero-order valence-electron chi connectivity index (χ0n) is 12.8. The van der Waals surface area contributed by atoms with Crippen molar-refractivity contribution in [2.24, 2.45) is 0 Å². The minimum Gasteiger partial charge on any atom is -0.493 e. The molecular weight excluding hydrogens is 330 g/mol. The van der Waals surface area contributed by atoms with Crippen molar-refractivity contribution in [2.45, 2.75) is 6.61 Å². The highest BCUT2D eigenvalue weighted by atomic mass is 35.5. The number of nitrogens with zero attached hydrogens (tertiary/aromatic N) is 1.